The van der Waals surface area contributed by atoms with Gasteiger partial charge in [-0.3, -0.25) is 9.78 Å². The van der Waals surface area contributed by atoms with Gasteiger partial charge in [-0.15, -0.1) is 5.10 Å². The van der Waals surface area contributed by atoms with Crippen LogP contribution in [0.4, 0.5) is 0 Å². The van der Waals surface area contributed by atoms with Crippen molar-refractivity contribution in [3.8, 4) is 5.69 Å². The molecule has 0 radical (unpaired) electrons. The molecule has 1 saturated heterocycles. The van der Waals surface area contributed by atoms with Crippen molar-refractivity contribution in [2.45, 2.75) is 19.8 Å². The topological polar surface area (TPSA) is 75.9 Å². The van der Waals surface area contributed by atoms with E-state index in [1.165, 1.54) is 0 Å². The van der Waals surface area contributed by atoms with Gasteiger partial charge in [-0.25, -0.2) is 4.68 Å². The summed E-state index contributed by atoms with van der Waals surface area (Å²) in [7, 11) is 1.95. The van der Waals surface area contributed by atoms with Crippen LogP contribution in [0.15, 0.2) is 36.5 Å². The van der Waals surface area contributed by atoms with Gasteiger partial charge in [0.25, 0.3) is 5.91 Å². The average Bonchev–Trinajstić information content (AvgIpc) is 3.09. The van der Waals surface area contributed by atoms with Crippen molar-refractivity contribution in [1.29, 1.82) is 0 Å². The molecule has 7 heteroatoms. The number of nitrogens with one attached hydrogen (secondary N) is 1. The van der Waals surface area contributed by atoms with Gasteiger partial charge in [-0.1, -0.05) is 11.3 Å². The predicted octanol–water partition coefficient (Wildman–Crippen LogP) is 2.20. The zero-order valence-corrected chi connectivity index (χ0v) is 15.7. The number of fused-ring (bicyclic) bond motifs is 1. The second kappa shape index (κ2) is 7.44. The molecule has 1 atom stereocenters. The summed E-state index contributed by atoms with van der Waals surface area (Å²) in [6.45, 7) is 4.39. The number of carbonyl (C=O) groups is 1. The number of hydrogen-bond acceptors (Lipinski definition) is 5. The fourth-order valence-electron chi connectivity index (χ4n) is 3.82. The molecule has 4 rings (SSSR count). The Labute approximate surface area is 158 Å². The number of likely N-dealkylation sites (tertiary alicyclic amines) is 1. The molecular formula is C20H24N6O. The lowest BCUT2D eigenvalue weighted by Crippen LogP contribution is -2.42. The molecule has 140 valence electrons. The molecule has 0 saturated carbocycles. The fourth-order valence-corrected chi connectivity index (χ4v) is 3.82. The summed E-state index contributed by atoms with van der Waals surface area (Å²) in [4.78, 5) is 19.3. The third-order valence-electron chi connectivity index (χ3n) is 5.23. The van der Waals surface area contributed by atoms with Crippen LogP contribution in [0, 0.1) is 12.8 Å². The first-order chi connectivity index (χ1) is 13.2. The third-order valence-corrected chi connectivity index (χ3v) is 5.23. The van der Waals surface area contributed by atoms with Crippen molar-refractivity contribution in [2.75, 3.05) is 26.7 Å². The summed E-state index contributed by atoms with van der Waals surface area (Å²) in [5.74, 6) is 0.470. The Balaban J connectivity index is 1.60. The minimum atomic E-state index is -0.0259. The van der Waals surface area contributed by atoms with Gasteiger partial charge in [0.05, 0.1) is 16.9 Å². The van der Waals surface area contributed by atoms with Crippen molar-refractivity contribution in [3.05, 3.63) is 47.9 Å². The van der Waals surface area contributed by atoms with Crippen LogP contribution in [0.1, 0.15) is 29.0 Å². The van der Waals surface area contributed by atoms with Gasteiger partial charge in [-0.05, 0) is 63.5 Å². The number of carbonyl (C=O) groups excluding carboxylic acids is 1. The molecule has 1 fully saturated rings. The van der Waals surface area contributed by atoms with Crippen LogP contribution in [0.25, 0.3) is 16.6 Å². The minimum absolute atomic E-state index is 0.0259. The van der Waals surface area contributed by atoms with E-state index in [4.69, 9.17) is 0 Å². The Hall–Kier alpha value is -2.80. The number of hydrogen-bond donors (Lipinski definition) is 1. The van der Waals surface area contributed by atoms with Crippen LogP contribution in [0.3, 0.4) is 0 Å². The van der Waals surface area contributed by atoms with E-state index in [2.05, 4.69) is 20.6 Å². The molecule has 0 spiro atoms. The van der Waals surface area contributed by atoms with E-state index in [1.807, 2.05) is 49.2 Å². The first-order valence-electron chi connectivity index (χ1n) is 9.38. The van der Waals surface area contributed by atoms with Crippen molar-refractivity contribution in [3.63, 3.8) is 0 Å². The van der Waals surface area contributed by atoms with E-state index in [1.54, 1.807) is 10.9 Å². The SMILES string of the molecule is CNCC1CCCN(C(=O)c2nnn(-c3ccc4ncccc4c3)c2C)C1. The van der Waals surface area contributed by atoms with Gasteiger partial charge in [0, 0.05) is 24.7 Å². The molecular weight excluding hydrogens is 340 g/mol. The molecule has 3 heterocycles. The van der Waals surface area contributed by atoms with Gasteiger partial charge in [-0.2, -0.15) is 0 Å². The maximum absolute atomic E-state index is 13.0. The van der Waals surface area contributed by atoms with Gasteiger partial charge in [0.1, 0.15) is 0 Å². The fraction of sp³-hybridized carbons (Fsp3) is 0.400. The highest BCUT2D eigenvalue weighted by atomic mass is 16.2. The molecule has 1 aliphatic rings. The first-order valence-corrected chi connectivity index (χ1v) is 9.38. The van der Waals surface area contributed by atoms with E-state index in [9.17, 15) is 4.79 Å². The maximum atomic E-state index is 13.0. The van der Waals surface area contributed by atoms with Crippen LogP contribution in [-0.2, 0) is 0 Å². The highest BCUT2D eigenvalue weighted by molar-refractivity contribution is 5.93. The number of rotatable bonds is 4. The minimum Gasteiger partial charge on any atom is -0.337 e. The number of aromatic nitrogens is 4. The second-order valence-corrected chi connectivity index (χ2v) is 7.13. The van der Waals surface area contributed by atoms with Crippen molar-refractivity contribution < 1.29 is 4.79 Å². The molecule has 3 aromatic rings. The van der Waals surface area contributed by atoms with E-state index in [-0.39, 0.29) is 5.91 Å². The quantitative estimate of drug-likeness (QED) is 0.768. The van der Waals surface area contributed by atoms with E-state index < -0.39 is 0 Å². The number of amides is 1. The largest absolute Gasteiger partial charge is 0.337 e. The maximum Gasteiger partial charge on any atom is 0.276 e. The molecule has 1 aliphatic heterocycles. The predicted molar refractivity (Wildman–Crippen MR) is 104 cm³/mol. The smallest absolute Gasteiger partial charge is 0.276 e. The Morgan fingerprint density at radius 3 is 3.07 bits per heavy atom. The summed E-state index contributed by atoms with van der Waals surface area (Å²) in [5, 5.41) is 12.7. The molecule has 2 aromatic heterocycles. The monoisotopic (exact) mass is 364 g/mol. The van der Waals surface area contributed by atoms with E-state index in [0.717, 1.165) is 54.8 Å². The summed E-state index contributed by atoms with van der Waals surface area (Å²) in [5.41, 5.74) is 3.01. The summed E-state index contributed by atoms with van der Waals surface area (Å²) >= 11 is 0. The standard InChI is InChI=1S/C20H24N6O/c1-14-19(20(27)25-10-4-5-15(13-25)12-21-2)23-24-26(14)17-7-8-18-16(11-17)6-3-9-22-18/h3,6-9,11,15,21H,4-5,10,12-13H2,1-2H3. The Morgan fingerprint density at radius 1 is 1.33 bits per heavy atom. The van der Waals surface area contributed by atoms with Crippen molar-refractivity contribution in [1.82, 2.24) is 30.2 Å². The molecule has 7 nitrogen and oxygen atoms in total. The van der Waals surface area contributed by atoms with Crippen LogP contribution in [0.5, 0.6) is 0 Å². The molecule has 1 N–H and O–H groups in total. The van der Waals surface area contributed by atoms with Crippen LogP contribution >= 0.6 is 0 Å². The molecule has 1 aromatic carbocycles. The van der Waals surface area contributed by atoms with E-state index >= 15 is 0 Å². The highest BCUT2D eigenvalue weighted by Crippen LogP contribution is 2.21. The Morgan fingerprint density at radius 2 is 2.22 bits per heavy atom. The summed E-state index contributed by atoms with van der Waals surface area (Å²) in [6, 6.07) is 9.85. The lowest BCUT2D eigenvalue weighted by Gasteiger charge is -2.32. The number of pyridine rings is 1. The van der Waals surface area contributed by atoms with Crippen LogP contribution < -0.4 is 5.32 Å². The van der Waals surface area contributed by atoms with E-state index in [0.29, 0.717) is 11.6 Å². The molecule has 0 bridgehead atoms. The number of piperidine rings is 1. The van der Waals surface area contributed by atoms with Gasteiger partial charge in [0.15, 0.2) is 5.69 Å². The zero-order valence-electron chi connectivity index (χ0n) is 15.7. The highest BCUT2D eigenvalue weighted by Gasteiger charge is 2.27. The average molecular weight is 364 g/mol. The number of nitrogens with zero attached hydrogens (tertiary/aromatic N) is 5. The lowest BCUT2D eigenvalue weighted by atomic mass is 9.97. The summed E-state index contributed by atoms with van der Waals surface area (Å²) < 4.78 is 1.73. The summed E-state index contributed by atoms with van der Waals surface area (Å²) in [6.07, 6.45) is 3.96. The lowest BCUT2D eigenvalue weighted by molar-refractivity contribution is 0.0667. The molecule has 0 aliphatic carbocycles. The first kappa shape index (κ1) is 17.6. The Kier molecular flexibility index (Phi) is 4.85. The normalized spacial score (nSPS) is 17.4. The van der Waals surface area contributed by atoms with Gasteiger partial charge >= 0.3 is 0 Å². The second-order valence-electron chi connectivity index (χ2n) is 7.13. The van der Waals surface area contributed by atoms with Crippen LogP contribution in [0.2, 0.25) is 0 Å². The third kappa shape index (κ3) is 3.42. The molecule has 1 amide bonds. The van der Waals surface area contributed by atoms with Gasteiger partial charge in [0.2, 0.25) is 0 Å². The molecule has 1 unspecified atom stereocenters. The van der Waals surface area contributed by atoms with Crippen molar-refractivity contribution in [2.24, 2.45) is 5.92 Å². The zero-order chi connectivity index (χ0) is 18.8. The van der Waals surface area contributed by atoms with Crippen molar-refractivity contribution >= 4 is 16.8 Å². The Bertz CT molecular complexity index is 964. The molecule has 27 heavy (non-hydrogen) atoms. The number of benzene rings is 1. The van der Waals surface area contributed by atoms with Crippen LogP contribution in [-0.4, -0.2) is 57.5 Å². The van der Waals surface area contributed by atoms with Gasteiger partial charge < -0.3 is 10.2 Å².